The molecule has 0 aliphatic heterocycles. The SMILES string of the molecule is COc1cccc(C(=O)C=Cc2ccccc2OC(C)C)c1. The summed E-state index contributed by atoms with van der Waals surface area (Å²) < 4.78 is 10.9. The standard InChI is InChI=1S/C19H20O3/c1-14(2)22-19-10-5-4-7-15(19)11-12-18(20)16-8-6-9-17(13-16)21-3/h4-14H,1-3H3. The van der Waals surface area contributed by atoms with Crippen LogP contribution in [0.3, 0.4) is 0 Å². The molecule has 3 heteroatoms. The molecule has 0 saturated carbocycles. The minimum Gasteiger partial charge on any atom is -0.497 e. The number of para-hydroxylation sites is 1. The highest BCUT2D eigenvalue weighted by Gasteiger charge is 2.05. The number of carbonyl (C=O) groups excluding carboxylic acids is 1. The van der Waals surface area contributed by atoms with Crippen LogP contribution in [0.25, 0.3) is 6.08 Å². The van der Waals surface area contributed by atoms with Crippen molar-refractivity contribution in [3.05, 3.63) is 65.7 Å². The van der Waals surface area contributed by atoms with Gasteiger partial charge in [-0.1, -0.05) is 30.3 Å². The summed E-state index contributed by atoms with van der Waals surface area (Å²) in [5.41, 5.74) is 1.48. The zero-order valence-corrected chi connectivity index (χ0v) is 13.1. The number of carbonyl (C=O) groups is 1. The molecule has 0 bridgehead atoms. The van der Waals surface area contributed by atoms with Crippen LogP contribution in [-0.4, -0.2) is 19.0 Å². The van der Waals surface area contributed by atoms with E-state index in [2.05, 4.69) is 0 Å². The van der Waals surface area contributed by atoms with Crippen LogP contribution in [0, 0.1) is 0 Å². The summed E-state index contributed by atoms with van der Waals surface area (Å²) in [6.45, 7) is 3.95. The molecule has 22 heavy (non-hydrogen) atoms. The van der Waals surface area contributed by atoms with Crippen molar-refractivity contribution < 1.29 is 14.3 Å². The minimum atomic E-state index is -0.0711. The summed E-state index contributed by atoms with van der Waals surface area (Å²) in [6, 6.07) is 14.8. The van der Waals surface area contributed by atoms with Crippen molar-refractivity contribution in [1.29, 1.82) is 0 Å². The van der Waals surface area contributed by atoms with Crippen molar-refractivity contribution in [3.63, 3.8) is 0 Å². The second kappa shape index (κ2) is 7.46. The van der Waals surface area contributed by atoms with Crippen molar-refractivity contribution >= 4 is 11.9 Å². The number of methoxy groups -OCH3 is 1. The minimum absolute atomic E-state index is 0.0711. The van der Waals surface area contributed by atoms with Crippen LogP contribution in [0.2, 0.25) is 0 Å². The highest BCUT2D eigenvalue weighted by atomic mass is 16.5. The van der Waals surface area contributed by atoms with Gasteiger partial charge in [0.15, 0.2) is 5.78 Å². The van der Waals surface area contributed by atoms with E-state index in [1.54, 1.807) is 37.5 Å². The number of allylic oxidation sites excluding steroid dienone is 1. The summed E-state index contributed by atoms with van der Waals surface area (Å²) in [5.74, 6) is 1.37. The van der Waals surface area contributed by atoms with E-state index in [9.17, 15) is 4.79 Å². The molecule has 0 amide bonds. The first-order valence-electron chi connectivity index (χ1n) is 7.22. The van der Waals surface area contributed by atoms with E-state index in [1.165, 1.54) is 0 Å². The van der Waals surface area contributed by atoms with E-state index in [0.717, 1.165) is 11.3 Å². The highest BCUT2D eigenvalue weighted by molar-refractivity contribution is 6.07. The fourth-order valence-corrected chi connectivity index (χ4v) is 2.02. The van der Waals surface area contributed by atoms with Gasteiger partial charge in [-0.2, -0.15) is 0 Å². The van der Waals surface area contributed by atoms with E-state index >= 15 is 0 Å². The molecule has 0 heterocycles. The van der Waals surface area contributed by atoms with Crippen LogP contribution < -0.4 is 9.47 Å². The zero-order chi connectivity index (χ0) is 15.9. The molecule has 0 N–H and O–H groups in total. The van der Waals surface area contributed by atoms with Crippen molar-refractivity contribution in [3.8, 4) is 11.5 Å². The number of benzene rings is 2. The van der Waals surface area contributed by atoms with Gasteiger partial charge in [-0.25, -0.2) is 0 Å². The fraction of sp³-hybridized carbons (Fsp3) is 0.211. The Kier molecular flexibility index (Phi) is 5.37. The van der Waals surface area contributed by atoms with Gasteiger partial charge in [0.25, 0.3) is 0 Å². The Bertz CT molecular complexity index is 672. The van der Waals surface area contributed by atoms with Crippen LogP contribution in [0.5, 0.6) is 11.5 Å². The first-order chi connectivity index (χ1) is 10.6. The van der Waals surface area contributed by atoms with Crippen molar-refractivity contribution in [2.75, 3.05) is 7.11 Å². The lowest BCUT2D eigenvalue weighted by Crippen LogP contribution is -2.06. The van der Waals surface area contributed by atoms with E-state index < -0.39 is 0 Å². The van der Waals surface area contributed by atoms with Crippen LogP contribution in [-0.2, 0) is 0 Å². The maximum atomic E-state index is 12.2. The Hall–Kier alpha value is -2.55. The van der Waals surface area contributed by atoms with Gasteiger partial charge >= 0.3 is 0 Å². The smallest absolute Gasteiger partial charge is 0.185 e. The molecule has 0 aromatic heterocycles. The van der Waals surface area contributed by atoms with Gasteiger partial charge in [-0.05, 0) is 44.2 Å². The first-order valence-corrected chi connectivity index (χ1v) is 7.22. The van der Waals surface area contributed by atoms with Gasteiger partial charge in [0.1, 0.15) is 11.5 Å². The Morgan fingerprint density at radius 3 is 2.59 bits per heavy atom. The largest absolute Gasteiger partial charge is 0.497 e. The Balaban J connectivity index is 2.19. The van der Waals surface area contributed by atoms with Crippen molar-refractivity contribution in [2.24, 2.45) is 0 Å². The molecule has 0 saturated heterocycles. The fourth-order valence-electron chi connectivity index (χ4n) is 2.02. The van der Waals surface area contributed by atoms with Crippen LogP contribution >= 0.6 is 0 Å². The summed E-state index contributed by atoms with van der Waals surface area (Å²) in [6.07, 6.45) is 3.42. The van der Waals surface area contributed by atoms with Gasteiger partial charge < -0.3 is 9.47 Å². The Labute approximate surface area is 131 Å². The van der Waals surface area contributed by atoms with E-state index in [0.29, 0.717) is 11.3 Å². The number of ether oxygens (including phenoxy) is 2. The average Bonchev–Trinajstić information content (AvgIpc) is 2.53. The number of rotatable bonds is 6. The first kappa shape index (κ1) is 15.8. The number of hydrogen-bond acceptors (Lipinski definition) is 3. The van der Waals surface area contributed by atoms with Gasteiger partial charge in [0.05, 0.1) is 13.2 Å². The summed E-state index contributed by atoms with van der Waals surface area (Å²) in [5, 5.41) is 0. The maximum Gasteiger partial charge on any atom is 0.185 e. The van der Waals surface area contributed by atoms with E-state index in [1.807, 2.05) is 44.2 Å². The molecular weight excluding hydrogens is 276 g/mol. The van der Waals surface area contributed by atoms with Gasteiger partial charge in [-0.3, -0.25) is 4.79 Å². The van der Waals surface area contributed by atoms with Crippen molar-refractivity contribution in [1.82, 2.24) is 0 Å². The van der Waals surface area contributed by atoms with Crippen molar-refractivity contribution in [2.45, 2.75) is 20.0 Å². The van der Waals surface area contributed by atoms with Gasteiger partial charge in [-0.15, -0.1) is 0 Å². The highest BCUT2D eigenvalue weighted by Crippen LogP contribution is 2.21. The molecule has 0 aliphatic rings. The Morgan fingerprint density at radius 2 is 1.86 bits per heavy atom. The lowest BCUT2D eigenvalue weighted by molar-refractivity contribution is 0.104. The molecule has 0 radical (unpaired) electrons. The molecule has 0 unspecified atom stereocenters. The number of hydrogen-bond donors (Lipinski definition) is 0. The normalized spacial score (nSPS) is 10.9. The van der Waals surface area contributed by atoms with Gasteiger partial charge in [0.2, 0.25) is 0 Å². The molecular formula is C19H20O3. The third-order valence-electron chi connectivity index (χ3n) is 3.05. The van der Waals surface area contributed by atoms with E-state index in [4.69, 9.17) is 9.47 Å². The molecule has 0 aliphatic carbocycles. The predicted octanol–water partition coefficient (Wildman–Crippen LogP) is 4.38. The second-order valence-corrected chi connectivity index (χ2v) is 5.13. The monoisotopic (exact) mass is 296 g/mol. The summed E-state index contributed by atoms with van der Waals surface area (Å²) >= 11 is 0. The summed E-state index contributed by atoms with van der Waals surface area (Å²) in [7, 11) is 1.58. The molecule has 0 fully saturated rings. The van der Waals surface area contributed by atoms with E-state index in [-0.39, 0.29) is 11.9 Å². The van der Waals surface area contributed by atoms with Crippen LogP contribution in [0.15, 0.2) is 54.6 Å². The molecule has 0 spiro atoms. The maximum absolute atomic E-state index is 12.2. The third-order valence-corrected chi connectivity index (χ3v) is 3.05. The molecule has 114 valence electrons. The topological polar surface area (TPSA) is 35.5 Å². The second-order valence-electron chi connectivity index (χ2n) is 5.13. The Morgan fingerprint density at radius 1 is 1.09 bits per heavy atom. The molecule has 2 rings (SSSR count). The molecule has 2 aromatic carbocycles. The molecule has 2 aromatic rings. The lowest BCUT2D eigenvalue weighted by atomic mass is 10.1. The van der Waals surface area contributed by atoms with Crippen LogP contribution in [0.4, 0.5) is 0 Å². The predicted molar refractivity (Wildman–Crippen MR) is 88.6 cm³/mol. The molecule has 0 atom stereocenters. The third kappa shape index (κ3) is 4.22. The van der Waals surface area contributed by atoms with Crippen LogP contribution in [0.1, 0.15) is 29.8 Å². The average molecular weight is 296 g/mol. The zero-order valence-electron chi connectivity index (χ0n) is 13.1. The summed E-state index contributed by atoms with van der Waals surface area (Å²) in [4.78, 5) is 12.2. The van der Waals surface area contributed by atoms with Gasteiger partial charge in [0, 0.05) is 11.1 Å². The number of ketones is 1. The lowest BCUT2D eigenvalue weighted by Gasteiger charge is -2.11. The molecule has 3 nitrogen and oxygen atoms in total. The quantitative estimate of drug-likeness (QED) is 0.586.